The van der Waals surface area contributed by atoms with Crippen LogP contribution < -0.4 is 5.73 Å². The third-order valence-electron chi connectivity index (χ3n) is 4.63. The Morgan fingerprint density at radius 2 is 1.82 bits per heavy atom. The highest BCUT2D eigenvalue weighted by Crippen LogP contribution is 2.56. The maximum Gasteiger partial charge on any atom is 0.0207 e. The quantitative estimate of drug-likeness (QED) is 0.902. The molecule has 0 heterocycles. The molecule has 0 aromatic heterocycles. The van der Waals surface area contributed by atoms with Gasteiger partial charge in [-0.05, 0) is 48.6 Å². The molecule has 1 aromatic carbocycles. The van der Waals surface area contributed by atoms with Crippen LogP contribution in [0.25, 0.3) is 0 Å². The van der Waals surface area contributed by atoms with Gasteiger partial charge in [0.15, 0.2) is 0 Å². The van der Waals surface area contributed by atoms with E-state index >= 15 is 0 Å². The number of hydrogen-bond donors (Lipinski definition) is 1. The molecule has 3 unspecified atom stereocenters. The van der Waals surface area contributed by atoms with Crippen molar-refractivity contribution in [1.82, 2.24) is 0 Å². The van der Waals surface area contributed by atoms with Crippen LogP contribution in [0.5, 0.6) is 0 Å². The molecule has 92 valence electrons. The Hall–Kier alpha value is -0.340. The Balaban J connectivity index is 1.64. The molecule has 2 aliphatic carbocycles. The summed E-state index contributed by atoms with van der Waals surface area (Å²) in [4.78, 5) is 0. The predicted molar refractivity (Wildman–Crippen MR) is 74.8 cm³/mol. The van der Waals surface area contributed by atoms with Crippen LogP contribution in [-0.4, -0.2) is 6.04 Å². The molecule has 3 rings (SSSR count). The first-order valence-corrected chi connectivity index (χ1v) is 7.55. The minimum Gasteiger partial charge on any atom is -0.327 e. The SMILES string of the molecule is NC(Cc1ccccc1Br)C1C2CCCCC21. The summed E-state index contributed by atoms with van der Waals surface area (Å²) >= 11 is 3.62. The average Bonchev–Trinajstić information content (AvgIpc) is 3.06. The van der Waals surface area contributed by atoms with E-state index in [-0.39, 0.29) is 0 Å². The molecular weight excluding hydrogens is 274 g/mol. The number of fused-ring (bicyclic) bond motifs is 1. The number of hydrogen-bond acceptors (Lipinski definition) is 1. The van der Waals surface area contributed by atoms with E-state index < -0.39 is 0 Å². The second-order valence-electron chi connectivity index (χ2n) is 5.65. The lowest BCUT2D eigenvalue weighted by Crippen LogP contribution is -2.26. The van der Waals surface area contributed by atoms with E-state index in [0.29, 0.717) is 6.04 Å². The molecule has 0 radical (unpaired) electrons. The van der Waals surface area contributed by atoms with Crippen molar-refractivity contribution in [3.63, 3.8) is 0 Å². The number of nitrogens with two attached hydrogens (primary N) is 1. The number of halogens is 1. The zero-order valence-corrected chi connectivity index (χ0v) is 11.7. The minimum atomic E-state index is 0.363. The van der Waals surface area contributed by atoms with E-state index in [1.807, 2.05) is 0 Å². The van der Waals surface area contributed by atoms with Gasteiger partial charge >= 0.3 is 0 Å². The zero-order valence-electron chi connectivity index (χ0n) is 10.1. The van der Waals surface area contributed by atoms with Gasteiger partial charge in [-0.2, -0.15) is 0 Å². The van der Waals surface area contributed by atoms with Crippen LogP contribution in [0.3, 0.4) is 0 Å². The van der Waals surface area contributed by atoms with Crippen molar-refractivity contribution >= 4 is 15.9 Å². The summed E-state index contributed by atoms with van der Waals surface area (Å²) in [6.45, 7) is 0. The summed E-state index contributed by atoms with van der Waals surface area (Å²) < 4.78 is 1.21. The van der Waals surface area contributed by atoms with Crippen molar-refractivity contribution in [2.75, 3.05) is 0 Å². The second-order valence-corrected chi connectivity index (χ2v) is 6.50. The molecule has 0 bridgehead atoms. The Bertz CT molecular complexity index is 392. The van der Waals surface area contributed by atoms with Gasteiger partial charge < -0.3 is 5.73 Å². The Kier molecular flexibility index (Phi) is 3.27. The van der Waals surface area contributed by atoms with Gasteiger partial charge in [0.25, 0.3) is 0 Å². The van der Waals surface area contributed by atoms with Gasteiger partial charge in [-0.3, -0.25) is 0 Å². The summed E-state index contributed by atoms with van der Waals surface area (Å²) in [5, 5.41) is 0. The maximum absolute atomic E-state index is 6.42. The fraction of sp³-hybridized carbons (Fsp3) is 0.600. The van der Waals surface area contributed by atoms with Crippen LogP contribution in [0.1, 0.15) is 31.2 Å². The molecule has 17 heavy (non-hydrogen) atoms. The fourth-order valence-corrected chi connectivity index (χ4v) is 4.18. The van der Waals surface area contributed by atoms with Gasteiger partial charge in [0.1, 0.15) is 0 Å². The number of rotatable bonds is 3. The smallest absolute Gasteiger partial charge is 0.0207 e. The maximum atomic E-state index is 6.42. The van der Waals surface area contributed by atoms with E-state index in [1.54, 1.807) is 0 Å². The molecule has 2 N–H and O–H groups in total. The number of benzene rings is 1. The Morgan fingerprint density at radius 3 is 2.47 bits per heavy atom. The molecule has 1 nitrogen and oxygen atoms in total. The van der Waals surface area contributed by atoms with Gasteiger partial charge in [-0.15, -0.1) is 0 Å². The van der Waals surface area contributed by atoms with Gasteiger partial charge in [0.2, 0.25) is 0 Å². The van der Waals surface area contributed by atoms with E-state index in [9.17, 15) is 0 Å². The normalized spacial score (nSPS) is 32.9. The van der Waals surface area contributed by atoms with Crippen molar-refractivity contribution in [2.45, 2.75) is 38.1 Å². The van der Waals surface area contributed by atoms with Crippen molar-refractivity contribution in [3.8, 4) is 0 Å². The summed E-state index contributed by atoms with van der Waals surface area (Å²) in [7, 11) is 0. The molecule has 2 fully saturated rings. The van der Waals surface area contributed by atoms with Crippen LogP contribution in [0.4, 0.5) is 0 Å². The Morgan fingerprint density at radius 1 is 1.18 bits per heavy atom. The fourth-order valence-electron chi connectivity index (χ4n) is 3.74. The molecule has 0 amide bonds. The third kappa shape index (κ3) is 2.30. The molecule has 0 aliphatic heterocycles. The molecule has 2 heteroatoms. The Labute approximate surface area is 112 Å². The predicted octanol–water partition coefficient (Wildman–Crippen LogP) is 3.76. The van der Waals surface area contributed by atoms with Gasteiger partial charge in [0, 0.05) is 10.5 Å². The van der Waals surface area contributed by atoms with Crippen molar-refractivity contribution in [1.29, 1.82) is 0 Å². The molecule has 2 aliphatic rings. The first-order chi connectivity index (χ1) is 8.27. The van der Waals surface area contributed by atoms with E-state index in [1.165, 1.54) is 35.7 Å². The first-order valence-electron chi connectivity index (χ1n) is 6.76. The monoisotopic (exact) mass is 293 g/mol. The van der Waals surface area contributed by atoms with Crippen molar-refractivity contribution < 1.29 is 0 Å². The highest BCUT2D eigenvalue weighted by molar-refractivity contribution is 9.10. The molecule has 0 spiro atoms. The lowest BCUT2D eigenvalue weighted by molar-refractivity contribution is 0.480. The third-order valence-corrected chi connectivity index (χ3v) is 5.40. The summed E-state index contributed by atoms with van der Waals surface area (Å²) in [5.41, 5.74) is 7.78. The van der Waals surface area contributed by atoms with E-state index in [4.69, 9.17) is 5.73 Å². The summed E-state index contributed by atoms with van der Waals surface area (Å²) in [5.74, 6) is 2.73. The molecule has 3 atom stereocenters. The largest absolute Gasteiger partial charge is 0.327 e. The van der Waals surface area contributed by atoms with Crippen LogP contribution in [-0.2, 0) is 6.42 Å². The van der Waals surface area contributed by atoms with Crippen LogP contribution in [0, 0.1) is 17.8 Å². The molecular formula is C15H20BrN. The standard InChI is InChI=1S/C15H20BrN/c16-13-8-4-1-5-10(13)9-14(17)15-11-6-2-3-7-12(11)15/h1,4-5,8,11-12,14-15H,2-3,6-7,9,17H2. The molecule has 2 saturated carbocycles. The van der Waals surface area contributed by atoms with Crippen molar-refractivity contribution in [3.05, 3.63) is 34.3 Å². The van der Waals surface area contributed by atoms with Gasteiger partial charge in [-0.1, -0.05) is 47.0 Å². The summed E-state index contributed by atoms with van der Waals surface area (Å²) in [6.07, 6.45) is 6.75. The average molecular weight is 294 g/mol. The zero-order chi connectivity index (χ0) is 11.8. The first kappa shape index (κ1) is 11.7. The van der Waals surface area contributed by atoms with E-state index in [2.05, 4.69) is 40.2 Å². The highest BCUT2D eigenvalue weighted by atomic mass is 79.9. The summed E-state index contributed by atoms with van der Waals surface area (Å²) in [6, 6.07) is 8.84. The molecule has 1 aromatic rings. The van der Waals surface area contributed by atoms with E-state index in [0.717, 1.165) is 24.2 Å². The van der Waals surface area contributed by atoms with Crippen LogP contribution >= 0.6 is 15.9 Å². The molecule has 0 saturated heterocycles. The minimum absolute atomic E-state index is 0.363. The topological polar surface area (TPSA) is 26.0 Å². The highest BCUT2D eigenvalue weighted by Gasteiger charge is 2.52. The van der Waals surface area contributed by atoms with Crippen LogP contribution in [0.2, 0.25) is 0 Å². The van der Waals surface area contributed by atoms with Gasteiger partial charge in [-0.25, -0.2) is 0 Å². The van der Waals surface area contributed by atoms with Crippen molar-refractivity contribution in [2.24, 2.45) is 23.5 Å². The lowest BCUT2D eigenvalue weighted by Gasteiger charge is -2.12. The lowest BCUT2D eigenvalue weighted by atomic mass is 10.0. The second kappa shape index (κ2) is 4.74. The van der Waals surface area contributed by atoms with Gasteiger partial charge in [0.05, 0.1) is 0 Å². The van der Waals surface area contributed by atoms with Crippen LogP contribution in [0.15, 0.2) is 28.7 Å².